The lowest BCUT2D eigenvalue weighted by Crippen LogP contribution is -2.28. The van der Waals surface area contributed by atoms with Gasteiger partial charge in [0, 0.05) is 11.4 Å². The Kier molecular flexibility index (Phi) is 4.53. The molecular formula is C12H11BrN4O4. The number of nitrogens with zero attached hydrogens (tertiary/aromatic N) is 2. The summed E-state index contributed by atoms with van der Waals surface area (Å²) in [6, 6.07) is 3.82. The van der Waals surface area contributed by atoms with Crippen molar-refractivity contribution >= 4 is 33.6 Å². The van der Waals surface area contributed by atoms with E-state index in [1.54, 1.807) is 6.92 Å². The quantitative estimate of drug-likeness (QED) is 0.774. The molecule has 110 valence electrons. The molecule has 0 bridgehead atoms. The fourth-order valence-corrected chi connectivity index (χ4v) is 1.97. The highest BCUT2D eigenvalue weighted by Gasteiger charge is 2.10. The summed E-state index contributed by atoms with van der Waals surface area (Å²) in [4.78, 5) is 26.5. The van der Waals surface area contributed by atoms with Crippen LogP contribution in [0.1, 0.15) is 22.1 Å². The molecule has 0 aliphatic carbocycles. The highest BCUT2D eigenvalue weighted by molar-refractivity contribution is 9.10. The smallest absolute Gasteiger partial charge is 0.335 e. The fraction of sp³-hybridized carbons (Fsp3) is 0.167. The van der Waals surface area contributed by atoms with Crippen LogP contribution in [0.5, 0.6) is 0 Å². The number of urea groups is 1. The van der Waals surface area contributed by atoms with E-state index in [0.717, 1.165) is 0 Å². The van der Waals surface area contributed by atoms with Crippen molar-refractivity contribution in [3.05, 3.63) is 40.0 Å². The van der Waals surface area contributed by atoms with Gasteiger partial charge >= 0.3 is 12.0 Å². The molecule has 0 aliphatic rings. The number of hydrogen-bond donors (Lipinski definition) is 3. The third-order valence-electron chi connectivity index (χ3n) is 2.44. The number of aromatic nitrogens is 2. The first kappa shape index (κ1) is 15.0. The van der Waals surface area contributed by atoms with E-state index >= 15 is 0 Å². The molecule has 0 saturated heterocycles. The summed E-state index contributed by atoms with van der Waals surface area (Å²) in [5.41, 5.74) is 0.567. The van der Waals surface area contributed by atoms with Crippen molar-refractivity contribution in [3.63, 3.8) is 0 Å². The number of aromatic carboxylic acids is 1. The molecule has 0 spiro atoms. The molecule has 0 unspecified atom stereocenters. The van der Waals surface area contributed by atoms with Gasteiger partial charge in [-0.1, -0.05) is 5.16 Å². The number of amides is 2. The van der Waals surface area contributed by atoms with Gasteiger partial charge in [-0.15, -0.1) is 0 Å². The SMILES string of the molecule is Cc1nc(CNC(=O)Nc2ccc(C(=O)O)cc2Br)no1. The van der Waals surface area contributed by atoms with Crippen molar-refractivity contribution < 1.29 is 19.2 Å². The molecule has 0 aliphatic heterocycles. The molecule has 0 radical (unpaired) electrons. The maximum absolute atomic E-state index is 11.7. The zero-order chi connectivity index (χ0) is 15.4. The summed E-state index contributed by atoms with van der Waals surface area (Å²) < 4.78 is 5.24. The molecule has 0 saturated carbocycles. The maximum atomic E-state index is 11.7. The van der Waals surface area contributed by atoms with E-state index in [1.807, 2.05) is 0 Å². The molecule has 8 nitrogen and oxygen atoms in total. The Morgan fingerprint density at radius 2 is 2.19 bits per heavy atom. The van der Waals surface area contributed by atoms with E-state index < -0.39 is 12.0 Å². The predicted octanol–water partition coefficient (Wildman–Crippen LogP) is 2.16. The Hall–Kier alpha value is -2.42. The summed E-state index contributed by atoms with van der Waals surface area (Å²) in [5.74, 6) is -0.263. The van der Waals surface area contributed by atoms with Crippen molar-refractivity contribution in [1.82, 2.24) is 15.5 Å². The van der Waals surface area contributed by atoms with Crippen molar-refractivity contribution in [1.29, 1.82) is 0 Å². The van der Waals surface area contributed by atoms with E-state index in [0.29, 0.717) is 21.9 Å². The van der Waals surface area contributed by atoms with Gasteiger partial charge in [0.25, 0.3) is 0 Å². The zero-order valence-electron chi connectivity index (χ0n) is 10.9. The van der Waals surface area contributed by atoms with E-state index in [4.69, 9.17) is 9.63 Å². The van der Waals surface area contributed by atoms with Gasteiger partial charge in [0.05, 0.1) is 17.8 Å². The van der Waals surface area contributed by atoms with Crippen molar-refractivity contribution in [3.8, 4) is 0 Å². The van der Waals surface area contributed by atoms with E-state index in [1.165, 1.54) is 18.2 Å². The van der Waals surface area contributed by atoms with Crippen molar-refractivity contribution in [2.45, 2.75) is 13.5 Å². The molecule has 2 rings (SSSR count). The number of nitrogens with one attached hydrogen (secondary N) is 2. The van der Waals surface area contributed by atoms with E-state index in [2.05, 4.69) is 36.7 Å². The van der Waals surface area contributed by atoms with Crippen LogP contribution in [0, 0.1) is 6.92 Å². The third kappa shape index (κ3) is 4.02. The Bertz CT molecular complexity index is 686. The molecule has 0 atom stereocenters. The van der Waals surface area contributed by atoms with Crippen LogP contribution >= 0.6 is 15.9 Å². The number of benzene rings is 1. The van der Waals surface area contributed by atoms with Crippen molar-refractivity contribution in [2.24, 2.45) is 0 Å². The van der Waals surface area contributed by atoms with Crippen LogP contribution in [0.3, 0.4) is 0 Å². The first-order chi connectivity index (χ1) is 9.95. The summed E-state index contributed by atoms with van der Waals surface area (Å²) in [6.45, 7) is 1.77. The third-order valence-corrected chi connectivity index (χ3v) is 3.10. The number of carbonyl (C=O) groups excluding carboxylic acids is 1. The molecule has 1 heterocycles. The van der Waals surface area contributed by atoms with E-state index in [9.17, 15) is 9.59 Å². The van der Waals surface area contributed by atoms with Crippen LogP contribution in [0.15, 0.2) is 27.2 Å². The van der Waals surface area contributed by atoms with Gasteiger partial charge in [-0.25, -0.2) is 9.59 Å². The first-order valence-corrected chi connectivity index (χ1v) is 6.62. The Morgan fingerprint density at radius 3 is 2.76 bits per heavy atom. The number of carbonyl (C=O) groups is 2. The van der Waals surface area contributed by atoms with Crippen LogP contribution in [0.25, 0.3) is 0 Å². The molecule has 0 fully saturated rings. The van der Waals surface area contributed by atoms with Gasteiger partial charge in [0.1, 0.15) is 0 Å². The summed E-state index contributed by atoms with van der Waals surface area (Å²) in [6.07, 6.45) is 0. The van der Waals surface area contributed by atoms with Crippen LogP contribution in [0.4, 0.5) is 10.5 Å². The standard InChI is InChI=1S/C12H11BrN4O4/c1-6-15-10(17-21-6)5-14-12(20)16-9-3-2-7(11(18)19)4-8(9)13/h2-4H,5H2,1H3,(H,18,19)(H2,14,16,20). The van der Waals surface area contributed by atoms with Crippen molar-refractivity contribution in [2.75, 3.05) is 5.32 Å². The maximum Gasteiger partial charge on any atom is 0.335 e. The number of halogens is 1. The molecule has 2 amide bonds. The molecule has 3 N–H and O–H groups in total. The topological polar surface area (TPSA) is 117 Å². The minimum absolute atomic E-state index is 0.119. The molecule has 1 aromatic carbocycles. The first-order valence-electron chi connectivity index (χ1n) is 5.82. The van der Waals surface area contributed by atoms with Gasteiger partial charge in [0.15, 0.2) is 5.82 Å². The normalized spacial score (nSPS) is 10.2. The number of carboxylic acid groups (broad SMARTS) is 1. The van der Waals surface area contributed by atoms with Gasteiger partial charge in [-0.05, 0) is 34.1 Å². The van der Waals surface area contributed by atoms with Gasteiger partial charge in [0.2, 0.25) is 5.89 Å². The molecule has 1 aromatic heterocycles. The van der Waals surface area contributed by atoms with E-state index in [-0.39, 0.29) is 12.1 Å². The average molecular weight is 355 g/mol. The van der Waals surface area contributed by atoms with Crippen LogP contribution in [0.2, 0.25) is 0 Å². The number of aryl methyl sites for hydroxylation is 1. The molecule has 9 heteroatoms. The molecule has 2 aromatic rings. The number of hydrogen-bond acceptors (Lipinski definition) is 5. The second kappa shape index (κ2) is 6.35. The van der Waals surface area contributed by atoms with Crippen LogP contribution < -0.4 is 10.6 Å². The molecule has 21 heavy (non-hydrogen) atoms. The zero-order valence-corrected chi connectivity index (χ0v) is 12.5. The highest BCUT2D eigenvalue weighted by atomic mass is 79.9. The van der Waals surface area contributed by atoms with Crippen LogP contribution in [-0.4, -0.2) is 27.2 Å². The van der Waals surface area contributed by atoms with Gasteiger partial charge in [-0.2, -0.15) is 4.98 Å². The van der Waals surface area contributed by atoms with Gasteiger partial charge in [-0.3, -0.25) is 0 Å². The second-order valence-corrected chi connectivity index (χ2v) is 4.89. The van der Waals surface area contributed by atoms with Gasteiger partial charge < -0.3 is 20.3 Å². The lowest BCUT2D eigenvalue weighted by atomic mass is 10.2. The largest absolute Gasteiger partial charge is 0.478 e. The Labute approximate surface area is 127 Å². The minimum Gasteiger partial charge on any atom is -0.478 e. The lowest BCUT2D eigenvalue weighted by molar-refractivity contribution is 0.0697. The molecular weight excluding hydrogens is 344 g/mol. The minimum atomic E-state index is -1.04. The Balaban J connectivity index is 1.94. The summed E-state index contributed by atoms with van der Waals surface area (Å²) >= 11 is 3.20. The number of rotatable bonds is 4. The van der Waals surface area contributed by atoms with Crippen LogP contribution in [-0.2, 0) is 6.54 Å². The lowest BCUT2D eigenvalue weighted by Gasteiger charge is -2.08. The fourth-order valence-electron chi connectivity index (χ4n) is 1.49. The summed E-state index contributed by atoms with van der Waals surface area (Å²) in [5, 5.41) is 17.6. The second-order valence-electron chi connectivity index (χ2n) is 4.04. The Morgan fingerprint density at radius 1 is 1.43 bits per heavy atom. The highest BCUT2D eigenvalue weighted by Crippen LogP contribution is 2.23. The predicted molar refractivity (Wildman–Crippen MR) is 76.0 cm³/mol. The number of carboxylic acids is 1. The average Bonchev–Trinajstić information content (AvgIpc) is 2.84. The number of anilines is 1. The monoisotopic (exact) mass is 354 g/mol. The summed E-state index contributed by atoms with van der Waals surface area (Å²) in [7, 11) is 0.